The van der Waals surface area contributed by atoms with Gasteiger partial charge in [-0.05, 0) is 50.1 Å². The molecule has 1 amide bonds. The van der Waals surface area contributed by atoms with Crippen LogP contribution in [-0.4, -0.2) is 58.0 Å². The molecule has 2 aromatic carbocycles. The summed E-state index contributed by atoms with van der Waals surface area (Å²) < 4.78 is 37.9. The fourth-order valence-corrected chi connectivity index (χ4v) is 5.10. The molecule has 0 bridgehead atoms. The zero-order valence-corrected chi connectivity index (χ0v) is 18.6. The molecule has 1 heterocycles. The number of amides is 1. The number of likely N-dealkylation sites (N-methyl/N-ethyl adjacent to an activating group) is 1. The van der Waals surface area contributed by atoms with Gasteiger partial charge in [0, 0.05) is 25.8 Å². The Morgan fingerprint density at radius 3 is 2.32 bits per heavy atom. The number of rotatable bonds is 7. The van der Waals surface area contributed by atoms with E-state index in [-0.39, 0.29) is 16.2 Å². The van der Waals surface area contributed by atoms with E-state index >= 15 is 0 Å². The maximum atomic E-state index is 13.0. The zero-order chi connectivity index (χ0) is 22.6. The van der Waals surface area contributed by atoms with Gasteiger partial charge in [-0.3, -0.25) is 4.79 Å². The van der Waals surface area contributed by atoms with Crippen LogP contribution in [0.5, 0.6) is 5.75 Å². The summed E-state index contributed by atoms with van der Waals surface area (Å²) in [6.07, 6.45) is 0.522. The van der Waals surface area contributed by atoms with E-state index in [1.54, 1.807) is 31.3 Å². The van der Waals surface area contributed by atoms with Gasteiger partial charge in [0.1, 0.15) is 10.6 Å². The number of carbonyl (C=O) groups is 2. The van der Waals surface area contributed by atoms with Gasteiger partial charge in [0.2, 0.25) is 10.0 Å². The molecule has 1 aliphatic rings. The van der Waals surface area contributed by atoms with Crippen LogP contribution >= 0.6 is 0 Å². The third kappa shape index (κ3) is 4.88. The second kappa shape index (κ2) is 9.49. The number of para-hydroxylation sites is 1. The molecule has 9 heteroatoms. The summed E-state index contributed by atoms with van der Waals surface area (Å²) in [5.74, 6) is -1.04. The number of sulfonamides is 1. The van der Waals surface area contributed by atoms with Crippen LogP contribution in [0.1, 0.15) is 30.1 Å². The van der Waals surface area contributed by atoms with Crippen LogP contribution in [0.2, 0.25) is 0 Å². The molecule has 0 radical (unpaired) electrons. The van der Waals surface area contributed by atoms with E-state index in [1.165, 1.54) is 41.4 Å². The number of methoxy groups -OCH3 is 1. The summed E-state index contributed by atoms with van der Waals surface area (Å²) in [4.78, 5) is 26.6. The molecule has 1 saturated heterocycles. The van der Waals surface area contributed by atoms with Gasteiger partial charge in [0.25, 0.3) is 5.91 Å². The van der Waals surface area contributed by atoms with Crippen molar-refractivity contribution < 1.29 is 27.5 Å². The van der Waals surface area contributed by atoms with E-state index in [4.69, 9.17) is 9.47 Å². The van der Waals surface area contributed by atoms with Gasteiger partial charge in [-0.1, -0.05) is 18.2 Å². The van der Waals surface area contributed by atoms with E-state index in [0.29, 0.717) is 18.8 Å². The normalized spacial score (nSPS) is 15.3. The molecule has 1 aliphatic heterocycles. The van der Waals surface area contributed by atoms with E-state index < -0.39 is 28.0 Å². The lowest BCUT2D eigenvalue weighted by Gasteiger charge is -2.22. The van der Waals surface area contributed by atoms with Crippen LogP contribution in [0.3, 0.4) is 0 Å². The van der Waals surface area contributed by atoms with Crippen molar-refractivity contribution in [3.8, 4) is 5.75 Å². The zero-order valence-electron chi connectivity index (χ0n) is 17.8. The minimum atomic E-state index is -3.81. The molecule has 1 fully saturated rings. The summed E-state index contributed by atoms with van der Waals surface area (Å²) in [6, 6.07) is 13.1. The Morgan fingerprint density at radius 1 is 1.06 bits per heavy atom. The van der Waals surface area contributed by atoms with Crippen molar-refractivity contribution >= 4 is 27.6 Å². The molecular formula is C22H26N2O6S. The Morgan fingerprint density at radius 2 is 1.71 bits per heavy atom. The molecular weight excluding hydrogens is 420 g/mol. The van der Waals surface area contributed by atoms with Crippen molar-refractivity contribution in [2.45, 2.75) is 30.8 Å². The fraction of sp³-hybridized carbons (Fsp3) is 0.364. The van der Waals surface area contributed by atoms with Gasteiger partial charge in [0.15, 0.2) is 6.10 Å². The minimum absolute atomic E-state index is 0.0283. The first-order valence-electron chi connectivity index (χ1n) is 9.97. The van der Waals surface area contributed by atoms with Crippen molar-refractivity contribution in [3.05, 3.63) is 54.1 Å². The molecule has 31 heavy (non-hydrogen) atoms. The Bertz CT molecular complexity index is 1050. The predicted molar refractivity (Wildman–Crippen MR) is 116 cm³/mol. The van der Waals surface area contributed by atoms with E-state index in [9.17, 15) is 18.0 Å². The number of ether oxygens (including phenoxy) is 2. The number of hydrogen-bond acceptors (Lipinski definition) is 6. The maximum absolute atomic E-state index is 13.0. The fourth-order valence-electron chi connectivity index (χ4n) is 3.40. The van der Waals surface area contributed by atoms with E-state index in [1.807, 2.05) is 6.07 Å². The maximum Gasteiger partial charge on any atom is 0.338 e. The van der Waals surface area contributed by atoms with Crippen molar-refractivity contribution in [1.29, 1.82) is 0 Å². The lowest BCUT2D eigenvalue weighted by atomic mass is 10.2. The molecule has 0 aliphatic carbocycles. The summed E-state index contributed by atoms with van der Waals surface area (Å²) in [5.41, 5.74) is 0.694. The second-order valence-electron chi connectivity index (χ2n) is 7.26. The number of benzene rings is 2. The van der Waals surface area contributed by atoms with Crippen LogP contribution in [-0.2, 0) is 19.6 Å². The third-order valence-electron chi connectivity index (χ3n) is 5.19. The summed E-state index contributed by atoms with van der Waals surface area (Å²) in [6.45, 7) is 2.33. The highest BCUT2D eigenvalue weighted by molar-refractivity contribution is 7.89. The van der Waals surface area contributed by atoms with Gasteiger partial charge >= 0.3 is 5.97 Å². The number of nitrogens with zero attached hydrogens (tertiary/aromatic N) is 2. The van der Waals surface area contributed by atoms with Crippen LogP contribution in [0.4, 0.5) is 5.69 Å². The number of esters is 1. The van der Waals surface area contributed by atoms with Crippen LogP contribution < -0.4 is 9.64 Å². The molecule has 0 N–H and O–H groups in total. The van der Waals surface area contributed by atoms with Gasteiger partial charge in [0.05, 0.1) is 12.7 Å². The van der Waals surface area contributed by atoms with Crippen LogP contribution in [0, 0.1) is 0 Å². The Kier molecular flexibility index (Phi) is 6.97. The molecule has 8 nitrogen and oxygen atoms in total. The first kappa shape index (κ1) is 22.8. The third-order valence-corrected chi connectivity index (χ3v) is 7.11. The van der Waals surface area contributed by atoms with E-state index in [2.05, 4.69) is 0 Å². The monoisotopic (exact) mass is 446 g/mol. The average molecular weight is 447 g/mol. The molecule has 1 atom stereocenters. The molecule has 0 saturated carbocycles. The van der Waals surface area contributed by atoms with Crippen LogP contribution in [0.15, 0.2) is 53.4 Å². The summed E-state index contributed by atoms with van der Waals surface area (Å²) in [5, 5.41) is 0. The van der Waals surface area contributed by atoms with E-state index in [0.717, 1.165) is 12.8 Å². The Hall–Kier alpha value is -2.91. The van der Waals surface area contributed by atoms with Gasteiger partial charge in [-0.2, -0.15) is 4.31 Å². The summed E-state index contributed by atoms with van der Waals surface area (Å²) in [7, 11) is -0.841. The lowest BCUT2D eigenvalue weighted by molar-refractivity contribution is -0.126. The minimum Gasteiger partial charge on any atom is -0.495 e. The molecule has 166 valence electrons. The highest BCUT2D eigenvalue weighted by Crippen LogP contribution is 2.30. The standard InChI is InChI=1S/C22H26N2O6S/c1-16(21(25)23(2)18-9-5-4-6-10-18)30-22(26)17-11-12-19(29-3)20(15-17)31(27,28)24-13-7-8-14-24/h4-6,9-12,15-16H,7-8,13-14H2,1-3H3. The highest BCUT2D eigenvalue weighted by Gasteiger charge is 2.31. The van der Waals surface area contributed by atoms with Crippen molar-refractivity contribution in [1.82, 2.24) is 4.31 Å². The predicted octanol–water partition coefficient (Wildman–Crippen LogP) is 2.69. The SMILES string of the molecule is COc1ccc(C(=O)OC(C)C(=O)N(C)c2ccccc2)cc1S(=O)(=O)N1CCCC1. The number of hydrogen-bond donors (Lipinski definition) is 0. The van der Waals surface area contributed by atoms with Gasteiger partial charge in [-0.15, -0.1) is 0 Å². The van der Waals surface area contributed by atoms with Crippen molar-refractivity contribution in [3.63, 3.8) is 0 Å². The molecule has 1 unspecified atom stereocenters. The first-order chi connectivity index (χ1) is 14.8. The molecule has 0 spiro atoms. The Labute approximate surface area is 182 Å². The smallest absolute Gasteiger partial charge is 0.338 e. The summed E-state index contributed by atoms with van der Waals surface area (Å²) >= 11 is 0. The van der Waals surface area contributed by atoms with Gasteiger partial charge < -0.3 is 14.4 Å². The van der Waals surface area contributed by atoms with Crippen molar-refractivity contribution in [2.75, 3.05) is 32.1 Å². The van der Waals surface area contributed by atoms with Crippen LogP contribution in [0.25, 0.3) is 0 Å². The molecule has 3 rings (SSSR count). The molecule has 0 aromatic heterocycles. The largest absolute Gasteiger partial charge is 0.495 e. The topological polar surface area (TPSA) is 93.2 Å². The number of carbonyl (C=O) groups excluding carboxylic acids is 2. The average Bonchev–Trinajstić information content (AvgIpc) is 3.34. The highest BCUT2D eigenvalue weighted by atomic mass is 32.2. The Balaban J connectivity index is 1.79. The second-order valence-corrected chi connectivity index (χ2v) is 9.16. The van der Waals surface area contributed by atoms with Crippen molar-refractivity contribution in [2.24, 2.45) is 0 Å². The first-order valence-corrected chi connectivity index (χ1v) is 11.4. The quantitative estimate of drug-likeness (QED) is 0.607. The number of anilines is 1. The lowest BCUT2D eigenvalue weighted by Crippen LogP contribution is -2.37. The molecule has 2 aromatic rings. The van der Waals surface area contributed by atoms with Gasteiger partial charge in [-0.25, -0.2) is 13.2 Å².